The van der Waals surface area contributed by atoms with Crippen LogP contribution in [0, 0.1) is 11.2 Å². The average Bonchev–Trinajstić information content (AvgIpc) is 2.72. The Balaban J connectivity index is 1.53. The first-order valence-corrected chi connectivity index (χ1v) is 9.33. The normalized spacial score (nSPS) is 17.9. The Hall–Kier alpha value is -3.14. The Morgan fingerprint density at radius 1 is 0.929 bits per heavy atom. The van der Waals surface area contributed by atoms with Gasteiger partial charge >= 0.3 is 0 Å². The first kappa shape index (κ1) is 18.2. The molecule has 1 heterocycles. The highest BCUT2D eigenvalue weighted by molar-refractivity contribution is 6.05. The fourth-order valence-corrected chi connectivity index (χ4v) is 3.72. The molecule has 1 amide bonds. The van der Waals surface area contributed by atoms with Crippen molar-refractivity contribution in [1.29, 1.82) is 0 Å². The molecule has 1 fully saturated rings. The van der Waals surface area contributed by atoms with Crippen molar-refractivity contribution >= 4 is 11.6 Å². The molecule has 3 nitrogen and oxygen atoms in total. The predicted octanol–water partition coefficient (Wildman–Crippen LogP) is 5.52. The zero-order valence-corrected chi connectivity index (χ0v) is 15.9. The minimum Gasteiger partial charge on any atom is -0.489 e. The van der Waals surface area contributed by atoms with Gasteiger partial charge in [-0.25, -0.2) is 4.39 Å². The third-order valence-electron chi connectivity index (χ3n) is 5.26. The van der Waals surface area contributed by atoms with Crippen LogP contribution in [0.2, 0.25) is 0 Å². The molecule has 0 bridgehead atoms. The number of hydrogen-bond acceptors (Lipinski definition) is 2. The summed E-state index contributed by atoms with van der Waals surface area (Å²) in [5, 5.41) is 0. The SMILES string of the molecule is CC1(C)C(=O)N(c2ccc(F)cc2)[C@@H]1c1ccc(OCc2ccccc2)cc1. The maximum atomic E-state index is 13.3. The van der Waals surface area contributed by atoms with E-state index in [0.29, 0.717) is 12.3 Å². The minimum atomic E-state index is -0.513. The van der Waals surface area contributed by atoms with Crippen LogP contribution in [0.25, 0.3) is 0 Å². The number of anilines is 1. The number of ether oxygens (including phenoxy) is 1. The fourth-order valence-electron chi connectivity index (χ4n) is 3.72. The number of nitrogens with zero attached hydrogens (tertiary/aromatic N) is 1. The Bertz CT molecular complexity index is 966. The van der Waals surface area contributed by atoms with Crippen molar-refractivity contribution in [2.24, 2.45) is 5.41 Å². The molecule has 0 aliphatic carbocycles. The van der Waals surface area contributed by atoms with Crippen LogP contribution in [0.1, 0.15) is 31.0 Å². The monoisotopic (exact) mass is 375 g/mol. The van der Waals surface area contributed by atoms with Gasteiger partial charge in [0, 0.05) is 5.69 Å². The number of β-lactam (4-membered cyclic amide) rings is 1. The van der Waals surface area contributed by atoms with E-state index in [-0.39, 0.29) is 17.8 Å². The highest BCUT2D eigenvalue weighted by Crippen LogP contribution is 2.51. The lowest BCUT2D eigenvalue weighted by molar-refractivity contribution is -0.137. The van der Waals surface area contributed by atoms with Crippen molar-refractivity contribution in [2.75, 3.05) is 4.90 Å². The minimum absolute atomic E-state index is 0.0357. The third-order valence-corrected chi connectivity index (χ3v) is 5.26. The number of hydrogen-bond donors (Lipinski definition) is 0. The highest BCUT2D eigenvalue weighted by atomic mass is 19.1. The third kappa shape index (κ3) is 3.26. The molecule has 1 atom stereocenters. The lowest BCUT2D eigenvalue weighted by Gasteiger charge is -2.53. The summed E-state index contributed by atoms with van der Waals surface area (Å²) < 4.78 is 19.1. The number of rotatable bonds is 5. The lowest BCUT2D eigenvalue weighted by atomic mass is 9.70. The van der Waals surface area contributed by atoms with Gasteiger partial charge in [-0.05, 0) is 61.4 Å². The molecule has 142 valence electrons. The summed E-state index contributed by atoms with van der Waals surface area (Å²) >= 11 is 0. The molecule has 4 heteroatoms. The van der Waals surface area contributed by atoms with Gasteiger partial charge in [0.2, 0.25) is 5.91 Å². The molecule has 1 aliphatic rings. The van der Waals surface area contributed by atoms with E-state index in [1.54, 1.807) is 17.0 Å². The summed E-state index contributed by atoms with van der Waals surface area (Å²) in [4.78, 5) is 14.4. The quantitative estimate of drug-likeness (QED) is 0.550. The Kier molecular flexibility index (Phi) is 4.63. The van der Waals surface area contributed by atoms with Crippen LogP contribution in [0.3, 0.4) is 0 Å². The molecule has 1 aliphatic heterocycles. The zero-order chi connectivity index (χ0) is 19.7. The maximum absolute atomic E-state index is 13.3. The smallest absolute Gasteiger partial charge is 0.235 e. The van der Waals surface area contributed by atoms with E-state index in [9.17, 15) is 9.18 Å². The molecule has 0 aromatic heterocycles. The van der Waals surface area contributed by atoms with Crippen LogP contribution >= 0.6 is 0 Å². The molecule has 28 heavy (non-hydrogen) atoms. The summed E-state index contributed by atoms with van der Waals surface area (Å²) in [7, 11) is 0. The summed E-state index contributed by atoms with van der Waals surface area (Å²) in [5.74, 6) is 0.505. The Morgan fingerprint density at radius 2 is 1.57 bits per heavy atom. The largest absolute Gasteiger partial charge is 0.489 e. The Labute approximate surface area is 164 Å². The van der Waals surface area contributed by atoms with E-state index in [2.05, 4.69) is 0 Å². The average molecular weight is 375 g/mol. The molecule has 4 rings (SSSR count). The van der Waals surface area contributed by atoms with Crippen LogP contribution in [0.15, 0.2) is 78.9 Å². The number of benzene rings is 3. The topological polar surface area (TPSA) is 29.5 Å². The molecule has 1 saturated heterocycles. The number of amides is 1. The second-order valence-electron chi connectivity index (χ2n) is 7.62. The van der Waals surface area contributed by atoms with E-state index >= 15 is 0 Å². The lowest BCUT2D eigenvalue weighted by Crippen LogP contribution is -2.61. The van der Waals surface area contributed by atoms with Crippen molar-refractivity contribution in [2.45, 2.75) is 26.5 Å². The van der Waals surface area contributed by atoms with Gasteiger partial charge in [0.05, 0.1) is 11.5 Å². The van der Waals surface area contributed by atoms with Crippen molar-refractivity contribution in [1.82, 2.24) is 0 Å². The molecule has 0 unspecified atom stereocenters. The highest BCUT2D eigenvalue weighted by Gasteiger charge is 2.55. The molecular weight excluding hydrogens is 353 g/mol. The maximum Gasteiger partial charge on any atom is 0.235 e. The van der Waals surface area contributed by atoms with Gasteiger partial charge in [0.1, 0.15) is 18.2 Å². The standard InChI is InChI=1S/C24H22FNO2/c1-24(2)22(26(23(24)27)20-12-10-19(25)11-13-20)18-8-14-21(15-9-18)28-16-17-6-4-3-5-7-17/h3-15,22H,16H2,1-2H3/t22-/m1/s1. The predicted molar refractivity (Wildman–Crippen MR) is 108 cm³/mol. The molecule has 0 saturated carbocycles. The van der Waals surface area contributed by atoms with Gasteiger partial charge in [-0.15, -0.1) is 0 Å². The molecular formula is C24H22FNO2. The Morgan fingerprint density at radius 3 is 2.21 bits per heavy atom. The van der Waals surface area contributed by atoms with Gasteiger partial charge < -0.3 is 9.64 Å². The van der Waals surface area contributed by atoms with E-state index in [1.807, 2.05) is 68.4 Å². The van der Waals surface area contributed by atoms with Gasteiger partial charge in [-0.3, -0.25) is 4.79 Å². The van der Waals surface area contributed by atoms with Crippen LogP contribution in [0.5, 0.6) is 5.75 Å². The summed E-state index contributed by atoms with van der Waals surface area (Å²) in [6.45, 7) is 4.40. The fraction of sp³-hybridized carbons (Fsp3) is 0.208. The summed E-state index contributed by atoms with van der Waals surface area (Å²) in [6.07, 6.45) is 0. The first-order chi connectivity index (χ1) is 13.5. The van der Waals surface area contributed by atoms with Gasteiger partial charge in [0.25, 0.3) is 0 Å². The zero-order valence-electron chi connectivity index (χ0n) is 15.9. The summed E-state index contributed by atoms with van der Waals surface area (Å²) in [5.41, 5.74) is 2.33. The second kappa shape index (κ2) is 7.12. The van der Waals surface area contributed by atoms with Crippen molar-refractivity contribution in [3.63, 3.8) is 0 Å². The van der Waals surface area contributed by atoms with Crippen LogP contribution < -0.4 is 9.64 Å². The molecule has 0 spiro atoms. The van der Waals surface area contributed by atoms with Gasteiger partial charge in [-0.2, -0.15) is 0 Å². The van der Waals surface area contributed by atoms with Crippen molar-refractivity contribution in [3.8, 4) is 5.75 Å². The van der Waals surface area contributed by atoms with Crippen LogP contribution in [-0.2, 0) is 11.4 Å². The van der Waals surface area contributed by atoms with Crippen LogP contribution in [0.4, 0.5) is 10.1 Å². The number of halogens is 1. The van der Waals surface area contributed by atoms with Crippen molar-refractivity contribution < 1.29 is 13.9 Å². The number of carbonyl (C=O) groups excluding carboxylic acids is 1. The van der Waals surface area contributed by atoms with Crippen molar-refractivity contribution in [3.05, 3.63) is 95.8 Å². The van der Waals surface area contributed by atoms with E-state index in [1.165, 1.54) is 12.1 Å². The molecule has 3 aromatic carbocycles. The molecule has 3 aromatic rings. The van der Waals surface area contributed by atoms with E-state index in [4.69, 9.17) is 4.74 Å². The van der Waals surface area contributed by atoms with E-state index in [0.717, 1.165) is 16.9 Å². The molecule has 0 radical (unpaired) electrons. The van der Waals surface area contributed by atoms with Gasteiger partial charge in [0.15, 0.2) is 0 Å². The van der Waals surface area contributed by atoms with Gasteiger partial charge in [-0.1, -0.05) is 42.5 Å². The summed E-state index contributed by atoms with van der Waals surface area (Å²) in [6, 6.07) is 23.8. The van der Waals surface area contributed by atoms with E-state index < -0.39 is 5.41 Å². The van der Waals surface area contributed by atoms with Crippen LogP contribution in [-0.4, -0.2) is 5.91 Å². The number of carbonyl (C=O) groups is 1. The second-order valence-corrected chi connectivity index (χ2v) is 7.62. The first-order valence-electron chi connectivity index (χ1n) is 9.33. The molecule has 0 N–H and O–H groups in total.